The Kier molecular flexibility index (Phi) is 5.75. The molecule has 0 aliphatic carbocycles. The van der Waals surface area contributed by atoms with Crippen LogP contribution in [0.25, 0.3) is 21.5 Å². The first-order chi connectivity index (χ1) is 9.54. The van der Waals surface area contributed by atoms with Crippen LogP contribution in [-0.4, -0.2) is 11.0 Å². The Morgan fingerprint density at radius 3 is 2.62 bits per heavy atom. The smallest absolute Gasteiger partial charge is 0.545 e. The second-order valence-electron chi connectivity index (χ2n) is 4.41. The maximum atomic E-state index is 11.4. The molecule has 3 rings (SSSR count). The molecule has 0 spiro atoms. The molecule has 21 heavy (non-hydrogen) atoms. The standard InChI is InChI=1S/C15H10BrNO2S.K/c1-8-2-5-14(20-8)13-7-11(15(18)19)10-6-9(16)3-4-12(10)17-13;/h2-7H,1H3,(H,18,19);/q;+1/p-1. The SMILES string of the molecule is Cc1ccc(-c2cc(C(=O)[O-])c3cc(Br)ccc3n2)s1.[K+]. The number of hydrogen-bond acceptors (Lipinski definition) is 4. The number of thiophene rings is 1. The van der Waals surface area contributed by atoms with E-state index in [0.717, 1.165) is 14.2 Å². The summed E-state index contributed by atoms with van der Waals surface area (Å²) in [5.41, 5.74) is 1.48. The Morgan fingerprint density at radius 2 is 2.00 bits per heavy atom. The summed E-state index contributed by atoms with van der Waals surface area (Å²) >= 11 is 4.93. The molecule has 0 radical (unpaired) electrons. The predicted molar refractivity (Wildman–Crippen MR) is 81.8 cm³/mol. The van der Waals surface area contributed by atoms with Gasteiger partial charge in [0, 0.05) is 20.3 Å². The van der Waals surface area contributed by atoms with Crippen LogP contribution in [0, 0.1) is 6.92 Å². The Labute approximate surface area is 177 Å². The van der Waals surface area contributed by atoms with Gasteiger partial charge in [-0.1, -0.05) is 15.9 Å². The number of aryl methyl sites for hydroxylation is 1. The number of fused-ring (bicyclic) bond motifs is 1. The Morgan fingerprint density at radius 1 is 1.24 bits per heavy atom. The molecule has 6 heteroatoms. The summed E-state index contributed by atoms with van der Waals surface area (Å²) in [4.78, 5) is 18.0. The molecule has 0 aliphatic heterocycles. The molecular weight excluding hydrogens is 377 g/mol. The number of aromatic nitrogens is 1. The first kappa shape index (κ1) is 17.3. The van der Waals surface area contributed by atoms with Crippen LogP contribution < -0.4 is 56.5 Å². The number of aromatic carboxylic acids is 1. The first-order valence-corrected chi connectivity index (χ1v) is 7.54. The van der Waals surface area contributed by atoms with Gasteiger partial charge in [0.15, 0.2) is 0 Å². The van der Waals surface area contributed by atoms with Gasteiger partial charge in [-0.25, -0.2) is 4.98 Å². The number of halogens is 1. The molecule has 0 bridgehead atoms. The maximum absolute atomic E-state index is 11.4. The summed E-state index contributed by atoms with van der Waals surface area (Å²) in [5, 5.41) is 11.9. The van der Waals surface area contributed by atoms with E-state index in [0.29, 0.717) is 16.6 Å². The van der Waals surface area contributed by atoms with Gasteiger partial charge < -0.3 is 9.90 Å². The van der Waals surface area contributed by atoms with Crippen molar-refractivity contribution in [3.8, 4) is 10.6 Å². The molecule has 0 aliphatic rings. The van der Waals surface area contributed by atoms with Crippen molar-refractivity contribution in [1.82, 2.24) is 4.98 Å². The molecule has 0 N–H and O–H groups in total. The second kappa shape index (κ2) is 7.00. The quantitative estimate of drug-likeness (QED) is 0.600. The second-order valence-corrected chi connectivity index (χ2v) is 6.62. The zero-order valence-corrected chi connectivity index (χ0v) is 17.0. The molecule has 2 heterocycles. The topological polar surface area (TPSA) is 53.0 Å². The van der Waals surface area contributed by atoms with Crippen molar-refractivity contribution in [2.45, 2.75) is 6.92 Å². The van der Waals surface area contributed by atoms with Crippen LogP contribution in [0.15, 0.2) is 40.9 Å². The summed E-state index contributed by atoms with van der Waals surface area (Å²) in [5.74, 6) is -1.19. The molecule has 0 amide bonds. The third-order valence-corrected chi connectivity index (χ3v) is 4.50. The average molecular weight is 386 g/mol. The maximum Gasteiger partial charge on any atom is 1.00 e. The Bertz CT molecular complexity index is 832. The van der Waals surface area contributed by atoms with Gasteiger partial charge in [0.25, 0.3) is 0 Å². The van der Waals surface area contributed by atoms with Crippen LogP contribution in [0.5, 0.6) is 0 Å². The van der Waals surface area contributed by atoms with E-state index in [1.54, 1.807) is 29.5 Å². The number of carbonyl (C=O) groups excluding carboxylic acids is 1. The molecule has 3 aromatic rings. The molecule has 3 nitrogen and oxygen atoms in total. The van der Waals surface area contributed by atoms with Crippen LogP contribution in [0.2, 0.25) is 0 Å². The molecule has 100 valence electrons. The van der Waals surface area contributed by atoms with E-state index in [1.807, 2.05) is 25.1 Å². The van der Waals surface area contributed by atoms with E-state index in [9.17, 15) is 9.90 Å². The van der Waals surface area contributed by atoms with E-state index in [4.69, 9.17) is 0 Å². The molecule has 1 aromatic carbocycles. The van der Waals surface area contributed by atoms with Gasteiger partial charge >= 0.3 is 51.4 Å². The van der Waals surface area contributed by atoms with Crippen LogP contribution in [0.3, 0.4) is 0 Å². The number of carboxylic acids is 1. The summed E-state index contributed by atoms with van der Waals surface area (Å²) in [6.07, 6.45) is 0. The summed E-state index contributed by atoms with van der Waals surface area (Å²) < 4.78 is 0.814. The van der Waals surface area contributed by atoms with E-state index in [2.05, 4.69) is 20.9 Å². The molecule has 0 fully saturated rings. The predicted octanol–water partition coefficient (Wildman–Crippen LogP) is 0.402. The number of benzene rings is 1. The van der Waals surface area contributed by atoms with Gasteiger partial charge in [-0.05, 0) is 43.3 Å². The molecule has 0 unspecified atom stereocenters. The van der Waals surface area contributed by atoms with Crippen LogP contribution in [0.4, 0.5) is 0 Å². The number of carbonyl (C=O) groups is 1. The minimum absolute atomic E-state index is 0. The summed E-state index contributed by atoms with van der Waals surface area (Å²) in [6, 6.07) is 10.9. The monoisotopic (exact) mass is 385 g/mol. The van der Waals surface area contributed by atoms with Crippen molar-refractivity contribution in [3.05, 3.63) is 51.3 Å². The molecule has 0 saturated carbocycles. The fourth-order valence-corrected chi connectivity index (χ4v) is 3.25. The van der Waals surface area contributed by atoms with Gasteiger partial charge in [0.1, 0.15) is 0 Å². The number of nitrogens with zero attached hydrogens (tertiary/aromatic N) is 1. The molecule has 0 saturated heterocycles. The van der Waals surface area contributed by atoms with Crippen LogP contribution >= 0.6 is 27.3 Å². The third kappa shape index (κ3) is 3.64. The molecular formula is C15H9BrKNO2S. The van der Waals surface area contributed by atoms with Gasteiger partial charge in [0.2, 0.25) is 0 Å². The summed E-state index contributed by atoms with van der Waals surface area (Å²) in [6.45, 7) is 2.01. The Hall–Kier alpha value is -0.0836. The number of rotatable bonds is 2. The van der Waals surface area contributed by atoms with Gasteiger partial charge in [-0.3, -0.25) is 0 Å². The Balaban J connectivity index is 0.00000161. The van der Waals surface area contributed by atoms with E-state index >= 15 is 0 Å². The zero-order valence-electron chi connectivity index (χ0n) is 11.5. The summed E-state index contributed by atoms with van der Waals surface area (Å²) in [7, 11) is 0. The third-order valence-electron chi connectivity index (χ3n) is 2.98. The van der Waals surface area contributed by atoms with Gasteiger partial charge in [0.05, 0.1) is 22.1 Å². The molecule has 2 aromatic heterocycles. The van der Waals surface area contributed by atoms with Crippen molar-refractivity contribution < 1.29 is 61.3 Å². The van der Waals surface area contributed by atoms with E-state index in [-0.39, 0.29) is 56.9 Å². The first-order valence-electron chi connectivity index (χ1n) is 5.93. The minimum Gasteiger partial charge on any atom is -0.545 e. The fraction of sp³-hybridized carbons (Fsp3) is 0.0667. The van der Waals surface area contributed by atoms with Crippen LogP contribution in [0.1, 0.15) is 15.2 Å². The van der Waals surface area contributed by atoms with Crippen molar-refractivity contribution in [1.29, 1.82) is 0 Å². The van der Waals surface area contributed by atoms with Crippen LogP contribution in [-0.2, 0) is 0 Å². The minimum atomic E-state index is -1.19. The largest absolute Gasteiger partial charge is 1.00 e. The van der Waals surface area contributed by atoms with Gasteiger partial charge in [-0.15, -0.1) is 11.3 Å². The van der Waals surface area contributed by atoms with Crippen molar-refractivity contribution in [2.75, 3.05) is 0 Å². The average Bonchev–Trinajstić information content (AvgIpc) is 2.84. The zero-order chi connectivity index (χ0) is 14.3. The van der Waals surface area contributed by atoms with E-state index < -0.39 is 5.97 Å². The van der Waals surface area contributed by atoms with Crippen molar-refractivity contribution in [2.24, 2.45) is 0 Å². The van der Waals surface area contributed by atoms with Crippen molar-refractivity contribution in [3.63, 3.8) is 0 Å². The van der Waals surface area contributed by atoms with Gasteiger partial charge in [-0.2, -0.15) is 0 Å². The number of pyridine rings is 1. The number of carboxylic acid groups (broad SMARTS) is 1. The molecule has 0 atom stereocenters. The number of hydrogen-bond donors (Lipinski definition) is 0. The van der Waals surface area contributed by atoms with Crippen molar-refractivity contribution >= 4 is 44.1 Å². The fourth-order valence-electron chi connectivity index (χ4n) is 2.07. The normalized spacial score (nSPS) is 10.4. The van der Waals surface area contributed by atoms with E-state index in [1.165, 1.54) is 0 Å².